The van der Waals surface area contributed by atoms with E-state index in [0.29, 0.717) is 24.7 Å². The predicted octanol–water partition coefficient (Wildman–Crippen LogP) is 2.88. The van der Waals surface area contributed by atoms with E-state index in [1.54, 1.807) is 6.20 Å². The number of likely N-dealkylation sites (tertiary alicyclic amines) is 1. The smallest absolute Gasteiger partial charge is 0.303 e. The van der Waals surface area contributed by atoms with Gasteiger partial charge < -0.3 is 10.0 Å². The van der Waals surface area contributed by atoms with Gasteiger partial charge >= 0.3 is 5.97 Å². The molecular weight excluding hydrogens is 294 g/mol. The van der Waals surface area contributed by atoms with E-state index in [9.17, 15) is 9.59 Å². The number of rotatable bonds is 6. The molecule has 0 saturated carbocycles. The lowest BCUT2D eigenvalue weighted by Crippen LogP contribution is -2.39. The molecule has 0 bridgehead atoms. The number of carbonyl (C=O) groups excluding carboxylic acids is 1. The molecule has 1 aromatic rings. The summed E-state index contributed by atoms with van der Waals surface area (Å²) in [4.78, 5) is 25.3. The molecule has 1 aromatic heterocycles. The van der Waals surface area contributed by atoms with Crippen LogP contribution >= 0.6 is 0 Å². The predicted molar refractivity (Wildman–Crippen MR) is 87.5 cm³/mol. The van der Waals surface area contributed by atoms with E-state index < -0.39 is 5.97 Å². The molecule has 0 spiro atoms. The average molecular weight is 321 g/mol. The van der Waals surface area contributed by atoms with Crippen LogP contribution in [0.15, 0.2) is 6.20 Å². The van der Waals surface area contributed by atoms with Crippen molar-refractivity contribution in [2.45, 2.75) is 58.9 Å². The fraction of sp³-hybridized carbons (Fsp3) is 0.706. The molecule has 6 nitrogen and oxygen atoms in total. The van der Waals surface area contributed by atoms with Crippen molar-refractivity contribution >= 4 is 11.9 Å². The van der Waals surface area contributed by atoms with E-state index in [1.807, 2.05) is 16.5 Å². The molecule has 0 unspecified atom stereocenters. The van der Waals surface area contributed by atoms with E-state index in [-0.39, 0.29) is 18.2 Å². The maximum atomic E-state index is 12.7. The van der Waals surface area contributed by atoms with Crippen LogP contribution in [0.25, 0.3) is 0 Å². The quantitative estimate of drug-likeness (QED) is 0.874. The molecule has 0 aliphatic carbocycles. The van der Waals surface area contributed by atoms with Crippen molar-refractivity contribution in [3.8, 4) is 0 Å². The highest BCUT2D eigenvalue weighted by atomic mass is 16.4. The van der Waals surface area contributed by atoms with Crippen LogP contribution in [0.3, 0.4) is 0 Å². The Balaban J connectivity index is 2.03. The largest absolute Gasteiger partial charge is 0.481 e. The van der Waals surface area contributed by atoms with Crippen LogP contribution in [0, 0.1) is 12.8 Å². The number of carboxylic acids is 1. The zero-order valence-corrected chi connectivity index (χ0v) is 14.3. The standard InChI is InChI=1S/C17H27N3O3/c1-4-14(5-2)20-12(3)15(11-18-20)17(23)19-8-6-13(7-9-19)10-16(21)22/h11,13-14H,4-10H2,1-3H3,(H,21,22). The highest BCUT2D eigenvalue weighted by Gasteiger charge is 2.27. The number of carboxylic acid groups (broad SMARTS) is 1. The molecule has 1 amide bonds. The minimum Gasteiger partial charge on any atom is -0.481 e. The van der Waals surface area contributed by atoms with Crippen molar-refractivity contribution < 1.29 is 14.7 Å². The summed E-state index contributed by atoms with van der Waals surface area (Å²) < 4.78 is 1.96. The topological polar surface area (TPSA) is 75.4 Å². The molecule has 2 rings (SSSR count). The molecule has 1 aliphatic rings. The Labute approximate surface area is 137 Å². The van der Waals surface area contributed by atoms with Crippen LogP contribution in [0.5, 0.6) is 0 Å². The molecule has 1 aliphatic heterocycles. The number of carbonyl (C=O) groups is 2. The third-order valence-corrected chi connectivity index (χ3v) is 4.93. The summed E-state index contributed by atoms with van der Waals surface area (Å²) in [6.07, 6.45) is 5.39. The first-order valence-corrected chi connectivity index (χ1v) is 8.53. The number of piperidine rings is 1. The Kier molecular flexibility index (Phi) is 5.80. The van der Waals surface area contributed by atoms with Gasteiger partial charge in [0.1, 0.15) is 0 Å². The van der Waals surface area contributed by atoms with Crippen molar-refractivity contribution in [1.82, 2.24) is 14.7 Å². The lowest BCUT2D eigenvalue weighted by molar-refractivity contribution is -0.138. The first-order chi connectivity index (χ1) is 11.0. The molecule has 1 fully saturated rings. The van der Waals surface area contributed by atoms with Gasteiger partial charge in [0.25, 0.3) is 5.91 Å². The van der Waals surface area contributed by atoms with Crippen molar-refractivity contribution in [3.63, 3.8) is 0 Å². The Morgan fingerprint density at radius 3 is 2.43 bits per heavy atom. The number of aromatic nitrogens is 2. The highest BCUT2D eigenvalue weighted by molar-refractivity contribution is 5.95. The van der Waals surface area contributed by atoms with Crippen molar-refractivity contribution in [1.29, 1.82) is 0 Å². The highest BCUT2D eigenvalue weighted by Crippen LogP contribution is 2.24. The van der Waals surface area contributed by atoms with Crippen LogP contribution in [0.2, 0.25) is 0 Å². The number of nitrogens with zero attached hydrogens (tertiary/aromatic N) is 3. The Bertz CT molecular complexity index is 555. The maximum Gasteiger partial charge on any atom is 0.303 e. The summed E-state index contributed by atoms with van der Waals surface area (Å²) in [5.41, 5.74) is 1.60. The summed E-state index contributed by atoms with van der Waals surface area (Å²) >= 11 is 0. The fourth-order valence-electron chi connectivity index (χ4n) is 3.39. The first kappa shape index (κ1) is 17.5. The molecule has 23 heavy (non-hydrogen) atoms. The van der Waals surface area contributed by atoms with Crippen LogP contribution in [-0.4, -0.2) is 44.8 Å². The SMILES string of the molecule is CCC(CC)n1ncc(C(=O)N2CCC(CC(=O)O)CC2)c1C. The summed E-state index contributed by atoms with van der Waals surface area (Å²) in [5.74, 6) is -0.546. The third kappa shape index (κ3) is 3.92. The van der Waals surface area contributed by atoms with Crippen molar-refractivity contribution in [2.24, 2.45) is 5.92 Å². The minimum absolute atomic E-state index is 0.0217. The maximum absolute atomic E-state index is 12.7. The second kappa shape index (κ2) is 7.62. The van der Waals surface area contributed by atoms with Gasteiger partial charge in [0.05, 0.1) is 17.8 Å². The summed E-state index contributed by atoms with van der Waals surface area (Å²) in [7, 11) is 0. The van der Waals surface area contributed by atoms with Crippen molar-refractivity contribution in [3.05, 3.63) is 17.5 Å². The van der Waals surface area contributed by atoms with Gasteiger partial charge in [-0.3, -0.25) is 14.3 Å². The Morgan fingerprint density at radius 1 is 1.30 bits per heavy atom. The average Bonchev–Trinajstić information content (AvgIpc) is 2.90. The Hall–Kier alpha value is -1.85. The van der Waals surface area contributed by atoms with Gasteiger partial charge in [-0.1, -0.05) is 13.8 Å². The molecule has 1 N–H and O–H groups in total. The van der Waals surface area contributed by atoms with Crippen molar-refractivity contribution in [2.75, 3.05) is 13.1 Å². The molecule has 6 heteroatoms. The molecule has 0 radical (unpaired) electrons. The van der Waals surface area contributed by atoms with E-state index in [1.165, 1.54) is 0 Å². The summed E-state index contributed by atoms with van der Waals surface area (Å²) in [5, 5.41) is 13.3. The summed E-state index contributed by atoms with van der Waals surface area (Å²) in [6, 6.07) is 0.331. The number of amides is 1. The van der Waals surface area contributed by atoms with E-state index >= 15 is 0 Å². The zero-order valence-electron chi connectivity index (χ0n) is 14.3. The Morgan fingerprint density at radius 2 is 1.91 bits per heavy atom. The van der Waals surface area contributed by atoms with Gasteiger partial charge in [-0.25, -0.2) is 0 Å². The minimum atomic E-state index is -0.753. The lowest BCUT2D eigenvalue weighted by atomic mass is 9.93. The molecule has 1 saturated heterocycles. The van der Waals surface area contributed by atoms with Gasteiger partial charge in [0.2, 0.25) is 0 Å². The molecule has 128 valence electrons. The zero-order chi connectivity index (χ0) is 17.0. The molecule has 2 heterocycles. The summed E-state index contributed by atoms with van der Waals surface area (Å²) in [6.45, 7) is 7.47. The van der Waals surface area contributed by atoms with Gasteiger partial charge in [-0.15, -0.1) is 0 Å². The lowest BCUT2D eigenvalue weighted by Gasteiger charge is -2.31. The molecule has 0 atom stereocenters. The van der Waals surface area contributed by atoms with Gasteiger partial charge in [0.15, 0.2) is 0 Å². The van der Waals surface area contributed by atoms with E-state index in [2.05, 4.69) is 18.9 Å². The second-order valence-electron chi connectivity index (χ2n) is 6.39. The monoisotopic (exact) mass is 321 g/mol. The van der Waals surface area contributed by atoms with Gasteiger partial charge in [-0.05, 0) is 38.5 Å². The van der Waals surface area contributed by atoms with Gasteiger partial charge in [0, 0.05) is 25.2 Å². The molecular formula is C17H27N3O3. The second-order valence-corrected chi connectivity index (χ2v) is 6.39. The van der Waals surface area contributed by atoms with Crippen LogP contribution < -0.4 is 0 Å². The molecule has 0 aromatic carbocycles. The third-order valence-electron chi connectivity index (χ3n) is 4.93. The fourth-order valence-corrected chi connectivity index (χ4v) is 3.39. The number of hydrogen-bond acceptors (Lipinski definition) is 3. The number of hydrogen-bond donors (Lipinski definition) is 1. The van der Waals surface area contributed by atoms with E-state index in [4.69, 9.17) is 5.11 Å². The number of aliphatic carboxylic acids is 1. The van der Waals surface area contributed by atoms with E-state index in [0.717, 1.165) is 31.4 Å². The normalized spacial score (nSPS) is 16.1. The first-order valence-electron chi connectivity index (χ1n) is 8.53. The van der Waals surface area contributed by atoms with Crippen LogP contribution in [0.4, 0.5) is 0 Å². The van der Waals surface area contributed by atoms with Crippen LogP contribution in [0.1, 0.15) is 68.0 Å². The van der Waals surface area contributed by atoms with Crippen LogP contribution in [-0.2, 0) is 4.79 Å². The van der Waals surface area contributed by atoms with Gasteiger partial charge in [-0.2, -0.15) is 5.10 Å².